The molecular weight excluding hydrogens is 302 g/mol. The second kappa shape index (κ2) is 4.83. The Morgan fingerprint density at radius 3 is 2.65 bits per heavy atom. The summed E-state index contributed by atoms with van der Waals surface area (Å²) in [7, 11) is 0. The van der Waals surface area contributed by atoms with Crippen molar-refractivity contribution in [3.8, 4) is 11.4 Å². The van der Waals surface area contributed by atoms with Gasteiger partial charge in [-0.15, -0.1) is 11.3 Å². The lowest BCUT2D eigenvalue weighted by Gasteiger charge is -2.02. The van der Waals surface area contributed by atoms with E-state index in [0.29, 0.717) is 0 Å². The molecule has 0 bridgehead atoms. The molecule has 4 heterocycles. The van der Waals surface area contributed by atoms with Crippen molar-refractivity contribution in [3.63, 3.8) is 0 Å². The SMILES string of the molecule is c1ccc2cc(-c3ccc4c(n3)sc3ccncc34)ncc2c1. The fourth-order valence-corrected chi connectivity index (χ4v) is 3.91. The zero-order chi connectivity index (χ0) is 15.2. The van der Waals surface area contributed by atoms with Gasteiger partial charge < -0.3 is 0 Å². The zero-order valence-electron chi connectivity index (χ0n) is 12.1. The Kier molecular flexibility index (Phi) is 2.66. The molecule has 0 saturated heterocycles. The maximum Gasteiger partial charge on any atom is 0.125 e. The van der Waals surface area contributed by atoms with E-state index in [1.165, 1.54) is 10.1 Å². The van der Waals surface area contributed by atoms with Crippen LogP contribution in [0.3, 0.4) is 0 Å². The quantitative estimate of drug-likeness (QED) is 0.434. The van der Waals surface area contributed by atoms with Gasteiger partial charge in [0.25, 0.3) is 0 Å². The maximum absolute atomic E-state index is 4.82. The van der Waals surface area contributed by atoms with Crippen molar-refractivity contribution in [2.24, 2.45) is 0 Å². The second-order valence-electron chi connectivity index (χ2n) is 5.44. The van der Waals surface area contributed by atoms with Crippen LogP contribution >= 0.6 is 11.3 Å². The molecule has 0 N–H and O–H groups in total. The molecule has 0 fully saturated rings. The average molecular weight is 313 g/mol. The molecule has 4 aromatic heterocycles. The van der Waals surface area contributed by atoms with Crippen LogP contribution < -0.4 is 0 Å². The molecule has 0 aliphatic heterocycles. The van der Waals surface area contributed by atoms with E-state index in [4.69, 9.17) is 4.98 Å². The highest BCUT2D eigenvalue weighted by molar-refractivity contribution is 7.25. The summed E-state index contributed by atoms with van der Waals surface area (Å²) in [6, 6.07) is 16.5. The first-order valence-corrected chi connectivity index (χ1v) is 8.18. The summed E-state index contributed by atoms with van der Waals surface area (Å²) in [4.78, 5) is 14.6. The predicted octanol–water partition coefficient (Wildman–Crippen LogP) is 5.06. The summed E-state index contributed by atoms with van der Waals surface area (Å²) < 4.78 is 1.21. The lowest BCUT2D eigenvalue weighted by molar-refractivity contribution is 1.30. The van der Waals surface area contributed by atoms with Crippen molar-refractivity contribution >= 4 is 42.4 Å². The fourth-order valence-electron chi connectivity index (χ4n) is 2.87. The number of hydrogen-bond acceptors (Lipinski definition) is 4. The Morgan fingerprint density at radius 1 is 0.783 bits per heavy atom. The number of hydrogen-bond donors (Lipinski definition) is 0. The molecule has 5 aromatic rings. The van der Waals surface area contributed by atoms with E-state index in [9.17, 15) is 0 Å². The summed E-state index contributed by atoms with van der Waals surface area (Å²) in [5.41, 5.74) is 1.81. The first-order chi connectivity index (χ1) is 11.4. The van der Waals surface area contributed by atoms with E-state index >= 15 is 0 Å². The number of rotatable bonds is 1. The van der Waals surface area contributed by atoms with Crippen molar-refractivity contribution < 1.29 is 0 Å². The molecule has 0 amide bonds. The molecule has 0 unspecified atom stereocenters. The van der Waals surface area contributed by atoms with Crippen LogP contribution in [0, 0.1) is 0 Å². The van der Waals surface area contributed by atoms with Crippen molar-refractivity contribution in [3.05, 3.63) is 67.1 Å². The largest absolute Gasteiger partial charge is 0.264 e. The minimum absolute atomic E-state index is 0.904. The van der Waals surface area contributed by atoms with Crippen molar-refractivity contribution in [2.45, 2.75) is 0 Å². The van der Waals surface area contributed by atoms with Crippen LogP contribution in [0.2, 0.25) is 0 Å². The molecule has 0 radical (unpaired) electrons. The molecule has 3 nitrogen and oxygen atoms in total. The zero-order valence-corrected chi connectivity index (χ0v) is 12.9. The molecular formula is C19H11N3S. The van der Waals surface area contributed by atoms with Crippen LogP contribution in [0.4, 0.5) is 0 Å². The number of aromatic nitrogens is 3. The molecule has 1 aromatic carbocycles. The molecule has 0 atom stereocenters. The lowest BCUT2D eigenvalue weighted by Crippen LogP contribution is -1.87. The monoisotopic (exact) mass is 313 g/mol. The standard InChI is InChI=1S/C19H11N3S/c1-2-4-13-10-21-17(9-12(13)3-1)16-6-5-14-15-11-20-8-7-18(15)23-19(14)22-16/h1-11H. The Hall–Kier alpha value is -2.85. The molecule has 0 aliphatic carbocycles. The maximum atomic E-state index is 4.82. The van der Waals surface area contributed by atoms with Gasteiger partial charge in [0.05, 0.1) is 11.4 Å². The topological polar surface area (TPSA) is 38.7 Å². The van der Waals surface area contributed by atoms with Crippen LogP contribution in [-0.4, -0.2) is 15.0 Å². The molecule has 0 aliphatic rings. The van der Waals surface area contributed by atoms with Gasteiger partial charge in [-0.05, 0) is 29.7 Å². The van der Waals surface area contributed by atoms with Gasteiger partial charge in [0.1, 0.15) is 4.83 Å². The van der Waals surface area contributed by atoms with Crippen molar-refractivity contribution in [2.75, 3.05) is 0 Å². The molecule has 23 heavy (non-hydrogen) atoms. The summed E-state index contributed by atoms with van der Waals surface area (Å²) in [6.45, 7) is 0. The summed E-state index contributed by atoms with van der Waals surface area (Å²) in [5.74, 6) is 0. The normalized spacial score (nSPS) is 11.5. The van der Waals surface area contributed by atoms with E-state index < -0.39 is 0 Å². The van der Waals surface area contributed by atoms with Crippen molar-refractivity contribution in [1.29, 1.82) is 0 Å². The highest BCUT2D eigenvalue weighted by Crippen LogP contribution is 2.33. The van der Waals surface area contributed by atoms with E-state index in [0.717, 1.165) is 32.4 Å². The van der Waals surface area contributed by atoms with Gasteiger partial charge in [-0.25, -0.2) is 4.98 Å². The Bertz CT molecular complexity index is 1180. The molecule has 4 heteroatoms. The van der Waals surface area contributed by atoms with Gasteiger partial charge in [-0.3, -0.25) is 9.97 Å². The van der Waals surface area contributed by atoms with E-state index in [-0.39, 0.29) is 0 Å². The highest BCUT2D eigenvalue weighted by atomic mass is 32.1. The molecule has 5 rings (SSSR count). The van der Waals surface area contributed by atoms with E-state index in [2.05, 4.69) is 34.2 Å². The third-order valence-corrected chi connectivity index (χ3v) is 5.11. The second-order valence-corrected chi connectivity index (χ2v) is 6.47. The van der Waals surface area contributed by atoms with Crippen LogP contribution in [0.15, 0.2) is 67.1 Å². The van der Waals surface area contributed by atoms with E-state index in [1.54, 1.807) is 11.3 Å². The summed E-state index contributed by atoms with van der Waals surface area (Å²) in [5, 5.41) is 4.64. The van der Waals surface area contributed by atoms with Crippen LogP contribution in [0.1, 0.15) is 0 Å². The third-order valence-electron chi connectivity index (χ3n) is 4.03. The van der Waals surface area contributed by atoms with Crippen molar-refractivity contribution in [1.82, 2.24) is 15.0 Å². The Balaban J connectivity index is 1.73. The van der Waals surface area contributed by atoms with Gasteiger partial charge in [-0.1, -0.05) is 24.3 Å². The van der Waals surface area contributed by atoms with Crippen LogP contribution in [0.5, 0.6) is 0 Å². The first kappa shape index (κ1) is 12.7. The minimum atomic E-state index is 0.904. The molecule has 0 saturated carbocycles. The minimum Gasteiger partial charge on any atom is -0.264 e. The fraction of sp³-hybridized carbons (Fsp3) is 0. The van der Waals surface area contributed by atoms with Gasteiger partial charge in [0.2, 0.25) is 0 Å². The average Bonchev–Trinajstić information content (AvgIpc) is 2.99. The smallest absolute Gasteiger partial charge is 0.125 e. The summed E-state index contributed by atoms with van der Waals surface area (Å²) >= 11 is 1.70. The van der Waals surface area contributed by atoms with Crippen LogP contribution in [0.25, 0.3) is 42.5 Å². The van der Waals surface area contributed by atoms with Gasteiger partial charge >= 0.3 is 0 Å². The van der Waals surface area contributed by atoms with Crippen LogP contribution in [-0.2, 0) is 0 Å². The predicted molar refractivity (Wildman–Crippen MR) is 95.7 cm³/mol. The molecule has 108 valence electrons. The highest BCUT2D eigenvalue weighted by Gasteiger charge is 2.09. The Morgan fingerprint density at radius 2 is 1.70 bits per heavy atom. The number of benzene rings is 1. The van der Waals surface area contributed by atoms with Gasteiger partial charge in [0.15, 0.2) is 0 Å². The third kappa shape index (κ3) is 1.99. The van der Waals surface area contributed by atoms with Gasteiger partial charge in [0, 0.05) is 39.4 Å². The number of pyridine rings is 3. The number of fused-ring (bicyclic) bond motifs is 4. The number of nitrogens with zero attached hydrogens (tertiary/aromatic N) is 3. The van der Waals surface area contributed by atoms with Gasteiger partial charge in [-0.2, -0.15) is 0 Å². The Labute approximate surface area is 136 Å². The first-order valence-electron chi connectivity index (χ1n) is 7.37. The summed E-state index contributed by atoms with van der Waals surface area (Å²) in [6.07, 6.45) is 5.64. The number of thiophene rings is 1. The lowest BCUT2D eigenvalue weighted by atomic mass is 10.1. The molecule has 0 spiro atoms. The van der Waals surface area contributed by atoms with E-state index in [1.807, 2.05) is 42.9 Å².